The number of aromatic nitrogens is 1. The van der Waals surface area contributed by atoms with Crippen LogP contribution < -0.4 is 10.2 Å². The quantitative estimate of drug-likeness (QED) is 0.892. The SMILES string of the molecule is Brc1cncc(Nc2ccc(N3CCCCC3)cc2)c1. The Balaban J connectivity index is 1.69. The maximum Gasteiger partial charge on any atom is 0.0582 e. The van der Waals surface area contributed by atoms with Gasteiger partial charge in [-0.25, -0.2) is 0 Å². The largest absolute Gasteiger partial charge is 0.372 e. The van der Waals surface area contributed by atoms with Crippen LogP contribution in [0.5, 0.6) is 0 Å². The van der Waals surface area contributed by atoms with E-state index in [1.165, 1.54) is 38.0 Å². The molecule has 2 aromatic rings. The predicted octanol–water partition coefficient (Wildman–Crippen LogP) is 4.58. The molecule has 1 aliphatic rings. The normalized spacial score (nSPS) is 15.2. The van der Waals surface area contributed by atoms with Gasteiger partial charge in [-0.3, -0.25) is 4.98 Å². The molecular formula is C16H18BrN3. The van der Waals surface area contributed by atoms with Gasteiger partial charge in [-0.2, -0.15) is 0 Å². The zero-order valence-electron chi connectivity index (χ0n) is 11.3. The minimum Gasteiger partial charge on any atom is -0.372 e. The van der Waals surface area contributed by atoms with Gasteiger partial charge >= 0.3 is 0 Å². The Morgan fingerprint density at radius 3 is 2.40 bits per heavy atom. The van der Waals surface area contributed by atoms with Crippen molar-refractivity contribution in [2.45, 2.75) is 19.3 Å². The lowest BCUT2D eigenvalue weighted by Gasteiger charge is -2.28. The third-order valence-electron chi connectivity index (χ3n) is 3.58. The molecule has 104 valence electrons. The Bertz CT molecular complexity index is 562. The van der Waals surface area contributed by atoms with Crippen molar-refractivity contribution in [3.05, 3.63) is 47.2 Å². The van der Waals surface area contributed by atoms with Gasteiger partial charge in [-0.15, -0.1) is 0 Å². The van der Waals surface area contributed by atoms with Crippen LogP contribution in [0, 0.1) is 0 Å². The van der Waals surface area contributed by atoms with Gasteiger partial charge in [0, 0.05) is 35.1 Å². The van der Waals surface area contributed by atoms with E-state index in [0.29, 0.717) is 0 Å². The maximum atomic E-state index is 4.15. The van der Waals surface area contributed by atoms with Crippen LogP contribution in [0.4, 0.5) is 17.1 Å². The van der Waals surface area contributed by atoms with Gasteiger partial charge in [0.15, 0.2) is 0 Å². The van der Waals surface area contributed by atoms with Crippen LogP contribution in [0.1, 0.15) is 19.3 Å². The lowest BCUT2D eigenvalue weighted by Crippen LogP contribution is -2.29. The van der Waals surface area contributed by atoms with Gasteiger partial charge in [-0.05, 0) is 65.5 Å². The van der Waals surface area contributed by atoms with Crippen molar-refractivity contribution in [1.29, 1.82) is 0 Å². The summed E-state index contributed by atoms with van der Waals surface area (Å²) in [7, 11) is 0. The Morgan fingerprint density at radius 2 is 1.70 bits per heavy atom. The van der Waals surface area contributed by atoms with Crippen molar-refractivity contribution in [3.8, 4) is 0 Å². The predicted molar refractivity (Wildman–Crippen MR) is 87.7 cm³/mol. The highest BCUT2D eigenvalue weighted by Crippen LogP contribution is 2.24. The lowest BCUT2D eigenvalue weighted by molar-refractivity contribution is 0.578. The molecule has 1 fully saturated rings. The fraction of sp³-hybridized carbons (Fsp3) is 0.312. The van der Waals surface area contributed by atoms with E-state index in [9.17, 15) is 0 Å². The highest BCUT2D eigenvalue weighted by molar-refractivity contribution is 9.10. The summed E-state index contributed by atoms with van der Waals surface area (Å²) in [5.74, 6) is 0. The molecule has 3 nitrogen and oxygen atoms in total. The molecule has 0 atom stereocenters. The number of benzene rings is 1. The summed E-state index contributed by atoms with van der Waals surface area (Å²) < 4.78 is 0.979. The minimum atomic E-state index is 0.979. The van der Waals surface area contributed by atoms with Gasteiger partial charge in [-0.1, -0.05) is 0 Å². The van der Waals surface area contributed by atoms with Crippen LogP contribution in [-0.2, 0) is 0 Å². The van der Waals surface area contributed by atoms with Crippen LogP contribution in [0.15, 0.2) is 47.2 Å². The van der Waals surface area contributed by atoms with E-state index in [4.69, 9.17) is 0 Å². The van der Waals surface area contributed by atoms with Gasteiger partial charge in [0.05, 0.1) is 11.9 Å². The highest BCUT2D eigenvalue weighted by Gasteiger charge is 2.10. The summed E-state index contributed by atoms with van der Waals surface area (Å²) in [6, 6.07) is 10.7. The van der Waals surface area contributed by atoms with E-state index in [-0.39, 0.29) is 0 Å². The van der Waals surface area contributed by atoms with E-state index in [1.54, 1.807) is 6.20 Å². The number of anilines is 3. The summed E-state index contributed by atoms with van der Waals surface area (Å²) in [4.78, 5) is 6.62. The monoisotopic (exact) mass is 331 g/mol. The van der Waals surface area contributed by atoms with Gasteiger partial charge in [0.25, 0.3) is 0 Å². The summed E-state index contributed by atoms with van der Waals surface area (Å²) in [6.07, 6.45) is 7.59. The first-order valence-corrected chi connectivity index (χ1v) is 7.83. The fourth-order valence-electron chi connectivity index (χ4n) is 2.55. The molecule has 0 aliphatic carbocycles. The standard InChI is InChI=1S/C16H18BrN3/c17-13-10-15(12-18-11-13)19-14-4-6-16(7-5-14)20-8-2-1-3-9-20/h4-7,10-12,19H,1-3,8-9H2. The van der Waals surface area contributed by atoms with E-state index < -0.39 is 0 Å². The smallest absolute Gasteiger partial charge is 0.0582 e. The molecule has 4 heteroatoms. The molecule has 2 heterocycles. The lowest BCUT2D eigenvalue weighted by atomic mass is 10.1. The van der Waals surface area contributed by atoms with E-state index >= 15 is 0 Å². The molecule has 1 aromatic heterocycles. The third-order valence-corrected chi connectivity index (χ3v) is 4.02. The Labute approximate surface area is 128 Å². The van der Waals surface area contributed by atoms with E-state index in [2.05, 4.69) is 55.4 Å². The highest BCUT2D eigenvalue weighted by atomic mass is 79.9. The van der Waals surface area contributed by atoms with Crippen LogP contribution in [0.25, 0.3) is 0 Å². The molecule has 0 radical (unpaired) electrons. The second-order valence-electron chi connectivity index (χ2n) is 5.11. The van der Waals surface area contributed by atoms with Crippen LogP contribution in [0.2, 0.25) is 0 Å². The van der Waals surface area contributed by atoms with Gasteiger partial charge < -0.3 is 10.2 Å². The molecule has 0 amide bonds. The molecule has 1 saturated heterocycles. The van der Waals surface area contributed by atoms with Crippen molar-refractivity contribution in [2.75, 3.05) is 23.3 Å². The Hall–Kier alpha value is -1.55. The zero-order valence-corrected chi connectivity index (χ0v) is 12.9. The Morgan fingerprint density at radius 1 is 0.950 bits per heavy atom. The van der Waals surface area contributed by atoms with Crippen molar-refractivity contribution < 1.29 is 0 Å². The number of hydrogen-bond acceptors (Lipinski definition) is 3. The number of nitrogens with zero attached hydrogens (tertiary/aromatic N) is 2. The number of nitrogens with one attached hydrogen (secondary N) is 1. The number of pyridine rings is 1. The molecule has 20 heavy (non-hydrogen) atoms. The number of rotatable bonds is 3. The second kappa shape index (κ2) is 6.27. The molecule has 0 unspecified atom stereocenters. The van der Waals surface area contributed by atoms with Crippen LogP contribution >= 0.6 is 15.9 Å². The molecule has 3 rings (SSSR count). The average Bonchev–Trinajstić information content (AvgIpc) is 2.49. The fourth-order valence-corrected chi connectivity index (χ4v) is 2.92. The molecule has 1 aliphatic heterocycles. The summed E-state index contributed by atoms with van der Waals surface area (Å²) in [5, 5.41) is 3.36. The summed E-state index contributed by atoms with van der Waals surface area (Å²) in [5.41, 5.74) is 3.40. The van der Waals surface area contributed by atoms with Gasteiger partial charge in [0.1, 0.15) is 0 Å². The second-order valence-corrected chi connectivity index (χ2v) is 6.03. The van der Waals surface area contributed by atoms with Crippen molar-refractivity contribution in [1.82, 2.24) is 4.98 Å². The first-order chi connectivity index (χ1) is 9.81. The molecular weight excluding hydrogens is 314 g/mol. The van der Waals surface area contributed by atoms with Crippen molar-refractivity contribution >= 4 is 33.0 Å². The molecule has 0 bridgehead atoms. The molecule has 0 spiro atoms. The average molecular weight is 332 g/mol. The summed E-state index contributed by atoms with van der Waals surface area (Å²) >= 11 is 3.43. The number of halogens is 1. The van der Waals surface area contributed by atoms with E-state index in [0.717, 1.165) is 15.8 Å². The number of piperidine rings is 1. The minimum absolute atomic E-state index is 0.979. The summed E-state index contributed by atoms with van der Waals surface area (Å²) in [6.45, 7) is 2.37. The topological polar surface area (TPSA) is 28.2 Å². The van der Waals surface area contributed by atoms with Crippen LogP contribution in [-0.4, -0.2) is 18.1 Å². The molecule has 1 N–H and O–H groups in total. The van der Waals surface area contributed by atoms with Crippen molar-refractivity contribution in [2.24, 2.45) is 0 Å². The molecule has 1 aromatic carbocycles. The first kappa shape index (κ1) is 13.4. The maximum absolute atomic E-state index is 4.15. The first-order valence-electron chi connectivity index (χ1n) is 7.04. The van der Waals surface area contributed by atoms with E-state index in [1.807, 2.05) is 12.3 Å². The van der Waals surface area contributed by atoms with Crippen molar-refractivity contribution in [3.63, 3.8) is 0 Å². The number of hydrogen-bond donors (Lipinski definition) is 1. The zero-order chi connectivity index (χ0) is 13.8. The Kier molecular flexibility index (Phi) is 4.21. The van der Waals surface area contributed by atoms with Gasteiger partial charge in [0.2, 0.25) is 0 Å². The third kappa shape index (κ3) is 3.31. The van der Waals surface area contributed by atoms with Crippen LogP contribution in [0.3, 0.4) is 0 Å². The molecule has 0 saturated carbocycles.